The van der Waals surface area contributed by atoms with E-state index in [1.54, 1.807) is 6.07 Å². The Bertz CT molecular complexity index is 697. The molecule has 0 radical (unpaired) electrons. The zero-order valence-corrected chi connectivity index (χ0v) is 13.6. The number of nitrogens with zero attached hydrogens (tertiary/aromatic N) is 3. The van der Waals surface area contributed by atoms with Crippen LogP contribution in [0.1, 0.15) is 25.8 Å². The van der Waals surface area contributed by atoms with Crippen molar-refractivity contribution in [1.29, 1.82) is 0 Å². The van der Waals surface area contributed by atoms with Crippen LogP contribution in [0.3, 0.4) is 0 Å². The normalized spacial score (nSPS) is 11.8. The van der Waals surface area contributed by atoms with Crippen LogP contribution in [0.5, 0.6) is 0 Å². The number of rotatable bonds is 6. The predicted molar refractivity (Wildman–Crippen MR) is 86.9 cm³/mol. The molecular formula is C15H17ClFN5O. The maximum atomic E-state index is 13.0. The summed E-state index contributed by atoms with van der Waals surface area (Å²) < 4.78 is 13.0. The Morgan fingerprint density at radius 1 is 1.35 bits per heavy atom. The molecule has 0 saturated carbocycles. The van der Waals surface area contributed by atoms with Gasteiger partial charge in [0.2, 0.25) is 17.8 Å². The van der Waals surface area contributed by atoms with E-state index in [1.165, 1.54) is 25.4 Å². The Hall–Kier alpha value is -2.28. The third-order valence-corrected chi connectivity index (χ3v) is 3.45. The van der Waals surface area contributed by atoms with Crippen molar-refractivity contribution < 1.29 is 9.18 Å². The summed E-state index contributed by atoms with van der Waals surface area (Å²) in [4.78, 5) is 23.0. The lowest BCUT2D eigenvalue weighted by atomic mass is 10.1. The second-order valence-corrected chi connectivity index (χ2v) is 5.54. The summed E-state index contributed by atoms with van der Waals surface area (Å²) in [6.07, 6.45) is 2.77. The maximum Gasteiger partial charge on any atom is 0.234 e. The molecule has 0 spiro atoms. The summed E-state index contributed by atoms with van der Waals surface area (Å²) >= 11 is 6.01. The number of hydrogen-bond acceptors (Lipinski definition) is 5. The molecule has 23 heavy (non-hydrogen) atoms. The first-order valence-electron chi connectivity index (χ1n) is 7.11. The van der Waals surface area contributed by atoms with Crippen LogP contribution in [0.4, 0.5) is 16.3 Å². The molecule has 1 heterocycles. The van der Waals surface area contributed by atoms with Crippen LogP contribution >= 0.6 is 11.6 Å². The number of nitrogens with one attached hydrogen (secondary N) is 2. The molecule has 1 unspecified atom stereocenters. The summed E-state index contributed by atoms with van der Waals surface area (Å²) in [5, 5.41) is 6.04. The Labute approximate surface area is 138 Å². The quantitative estimate of drug-likeness (QED) is 0.846. The Kier molecular flexibility index (Phi) is 5.81. The van der Waals surface area contributed by atoms with Crippen LogP contribution in [-0.2, 0) is 11.2 Å². The van der Waals surface area contributed by atoms with Crippen molar-refractivity contribution in [3.63, 3.8) is 0 Å². The lowest BCUT2D eigenvalue weighted by Gasteiger charge is -2.14. The van der Waals surface area contributed by atoms with Crippen molar-refractivity contribution >= 4 is 29.4 Å². The number of amides is 1. The van der Waals surface area contributed by atoms with Gasteiger partial charge in [-0.25, -0.2) is 14.4 Å². The first-order valence-corrected chi connectivity index (χ1v) is 7.49. The van der Waals surface area contributed by atoms with Crippen LogP contribution in [0.15, 0.2) is 24.5 Å². The van der Waals surface area contributed by atoms with Gasteiger partial charge in [0, 0.05) is 18.0 Å². The van der Waals surface area contributed by atoms with E-state index in [1.807, 2.05) is 6.92 Å². The van der Waals surface area contributed by atoms with Crippen molar-refractivity contribution in [2.45, 2.75) is 32.7 Å². The van der Waals surface area contributed by atoms with Crippen LogP contribution < -0.4 is 10.6 Å². The summed E-state index contributed by atoms with van der Waals surface area (Å²) in [5.41, 5.74) is 0.885. The third kappa shape index (κ3) is 5.45. The van der Waals surface area contributed by atoms with E-state index in [-0.39, 0.29) is 23.7 Å². The molecule has 0 saturated heterocycles. The van der Waals surface area contributed by atoms with Gasteiger partial charge < -0.3 is 5.32 Å². The SMILES string of the molecule is CC(=O)Nc1ncnc(NC(C)CCc2ccc(F)cc2Cl)n1. The second-order valence-electron chi connectivity index (χ2n) is 5.13. The van der Waals surface area contributed by atoms with E-state index >= 15 is 0 Å². The number of benzene rings is 1. The van der Waals surface area contributed by atoms with Crippen molar-refractivity contribution in [2.24, 2.45) is 0 Å². The molecule has 6 nitrogen and oxygen atoms in total. The molecule has 1 aromatic carbocycles. The Morgan fingerprint density at radius 2 is 2.09 bits per heavy atom. The Morgan fingerprint density at radius 3 is 2.78 bits per heavy atom. The van der Waals surface area contributed by atoms with Crippen LogP contribution in [0, 0.1) is 5.82 Å². The van der Waals surface area contributed by atoms with E-state index in [9.17, 15) is 9.18 Å². The third-order valence-electron chi connectivity index (χ3n) is 3.10. The molecule has 2 rings (SSSR count). The highest BCUT2D eigenvalue weighted by Crippen LogP contribution is 2.19. The average Bonchev–Trinajstić information content (AvgIpc) is 2.46. The number of hydrogen-bond donors (Lipinski definition) is 2. The first-order chi connectivity index (χ1) is 10.9. The highest BCUT2D eigenvalue weighted by atomic mass is 35.5. The molecule has 0 fully saturated rings. The van der Waals surface area contributed by atoms with E-state index in [4.69, 9.17) is 11.6 Å². The zero-order chi connectivity index (χ0) is 16.8. The van der Waals surface area contributed by atoms with Gasteiger partial charge in [-0.2, -0.15) is 4.98 Å². The lowest BCUT2D eigenvalue weighted by Crippen LogP contribution is -2.19. The van der Waals surface area contributed by atoms with Gasteiger partial charge in [0.1, 0.15) is 12.1 Å². The number of carbonyl (C=O) groups is 1. The molecule has 1 aromatic heterocycles. The fraction of sp³-hybridized carbons (Fsp3) is 0.333. The second kappa shape index (κ2) is 7.82. The summed E-state index contributed by atoms with van der Waals surface area (Å²) in [6.45, 7) is 3.35. The van der Waals surface area contributed by atoms with Crippen molar-refractivity contribution in [3.8, 4) is 0 Å². The van der Waals surface area contributed by atoms with Gasteiger partial charge >= 0.3 is 0 Å². The smallest absolute Gasteiger partial charge is 0.234 e. The van der Waals surface area contributed by atoms with Gasteiger partial charge in [-0.3, -0.25) is 10.1 Å². The largest absolute Gasteiger partial charge is 0.352 e. The van der Waals surface area contributed by atoms with Gasteiger partial charge in [0.15, 0.2) is 0 Å². The molecule has 2 N–H and O–H groups in total. The fourth-order valence-corrected chi connectivity index (χ4v) is 2.23. The molecule has 0 aliphatic rings. The lowest BCUT2D eigenvalue weighted by molar-refractivity contribution is -0.114. The molecular weight excluding hydrogens is 321 g/mol. The number of anilines is 2. The summed E-state index contributed by atoms with van der Waals surface area (Å²) in [6, 6.07) is 4.44. The Balaban J connectivity index is 1.91. The number of halogens is 2. The highest BCUT2D eigenvalue weighted by molar-refractivity contribution is 6.31. The minimum Gasteiger partial charge on any atom is -0.352 e. The van der Waals surface area contributed by atoms with Gasteiger partial charge in [0.25, 0.3) is 0 Å². The summed E-state index contributed by atoms with van der Waals surface area (Å²) in [7, 11) is 0. The minimum atomic E-state index is -0.347. The molecule has 8 heteroatoms. The van der Waals surface area contributed by atoms with E-state index in [2.05, 4.69) is 25.6 Å². The highest BCUT2D eigenvalue weighted by Gasteiger charge is 2.09. The minimum absolute atomic E-state index is 0.0590. The van der Waals surface area contributed by atoms with E-state index in [0.717, 1.165) is 12.0 Å². The predicted octanol–water partition coefficient (Wildman–Crippen LogP) is 3.06. The number of aromatic nitrogens is 3. The summed E-state index contributed by atoms with van der Waals surface area (Å²) in [5.74, 6) is -0.0213. The number of aryl methyl sites for hydroxylation is 1. The van der Waals surface area contributed by atoms with Gasteiger partial charge in [-0.05, 0) is 37.5 Å². The number of carbonyl (C=O) groups excluding carboxylic acids is 1. The zero-order valence-electron chi connectivity index (χ0n) is 12.8. The fourth-order valence-electron chi connectivity index (χ4n) is 1.97. The molecule has 1 atom stereocenters. The first kappa shape index (κ1) is 17.1. The molecule has 0 aliphatic carbocycles. The average molecular weight is 338 g/mol. The van der Waals surface area contributed by atoms with Crippen LogP contribution in [0.2, 0.25) is 5.02 Å². The van der Waals surface area contributed by atoms with E-state index < -0.39 is 0 Å². The topological polar surface area (TPSA) is 79.8 Å². The maximum absolute atomic E-state index is 13.0. The van der Waals surface area contributed by atoms with Crippen molar-refractivity contribution in [1.82, 2.24) is 15.0 Å². The van der Waals surface area contributed by atoms with Crippen molar-refractivity contribution in [3.05, 3.63) is 40.9 Å². The van der Waals surface area contributed by atoms with Crippen LogP contribution in [0.25, 0.3) is 0 Å². The van der Waals surface area contributed by atoms with Gasteiger partial charge in [-0.15, -0.1) is 0 Å². The standard InChI is InChI=1S/C15H17ClFN5O/c1-9(3-4-11-5-6-12(17)7-13(11)16)20-14-18-8-19-15(22-14)21-10(2)23/h5-9H,3-4H2,1-2H3,(H2,18,19,20,21,22,23). The molecule has 0 bridgehead atoms. The van der Waals surface area contributed by atoms with Gasteiger partial charge in [-0.1, -0.05) is 17.7 Å². The van der Waals surface area contributed by atoms with Crippen LogP contribution in [-0.4, -0.2) is 26.9 Å². The molecule has 0 aliphatic heterocycles. The van der Waals surface area contributed by atoms with E-state index in [0.29, 0.717) is 17.4 Å². The molecule has 122 valence electrons. The molecule has 2 aromatic rings. The molecule has 1 amide bonds. The van der Waals surface area contributed by atoms with Gasteiger partial charge in [0.05, 0.1) is 0 Å². The monoisotopic (exact) mass is 337 g/mol. The van der Waals surface area contributed by atoms with Crippen molar-refractivity contribution in [2.75, 3.05) is 10.6 Å².